The zero-order valence-electron chi connectivity index (χ0n) is 10.4. The van der Waals surface area contributed by atoms with Gasteiger partial charge in [-0.3, -0.25) is 0 Å². The summed E-state index contributed by atoms with van der Waals surface area (Å²) in [4.78, 5) is 11.0. The first-order valence-corrected chi connectivity index (χ1v) is 6.23. The highest BCUT2D eigenvalue weighted by Crippen LogP contribution is 2.21. The monoisotopic (exact) mass is 286 g/mol. The Labute approximate surface area is 121 Å². The van der Waals surface area contributed by atoms with Gasteiger partial charge < -0.3 is 10.4 Å². The van der Waals surface area contributed by atoms with Crippen LogP contribution in [0, 0.1) is 11.3 Å². The van der Waals surface area contributed by atoms with Crippen molar-refractivity contribution in [2.75, 3.05) is 5.32 Å². The Balaban J connectivity index is 2.13. The van der Waals surface area contributed by atoms with Crippen LogP contribution in [0.5, 0.6) is 0 Å². The fraction of sp³-hybridized carbons (Fsp3) is 0.0667. The van der Waals surface area contributed by atoms with E-state index in [1.54, 1.807) is 30.3 Å². The van der Waals surface area contributed by atoms with E-state index in [1.165, 1.54) is 6.07 Å². The Hall–Kier alpha value is -2.51. The van der Waals surface area contributed by atoms with Crippen molar-refractivity contribution in [3.05, 3.63) is 64.2 Å². The molecule has 0 unspecified atom stereocenters. The van der Waals surface area contributed by atoms with Gasteiger partial charge in [0.1, 0.15) is 0 Å². The van der Waals surface area contributed by atoms with Gasteiger partial charge in [0.05, 0.1) is 22.2 Å². The van der Waals surface area contributed by atoms with Gasteiger partial charge in [0.2, 0.25) is 0 Å². The summed E-state index contributed by atoms with van der Waals surface area (Å²) < 4.78 is 0. The molecule has 100 valence electrons. The van der Waals surface area contributed by atoms with E-state index in [1.807, 2.05) is 6.07 Å². The third kappa shape index (κ3) is 3.28. The maximum absolute atomic E-state index is 11.0. The second-order valence-electron chi connectivity index (χ2n) is 4.17. The maximum Gasteiger partial charge on any atom is 0.337 e. The molecule has 0 atom stereocenters. The van der Waals surface area contributed by atoms with Crippen molar-refractivity contribution < 1.29 is 9.90 Å². The molecule has 0 aromatic heterocycles. The van der Waals surface area contributed by atoms with E-state index in [4.69, 9.17) is 22.0 Å². The lowest BCUT2D eigenvalue weighted by Crippen LogP contribution is -2.03. The van der Waals surface area contributed by atoms with Crippen LogP contribution in [-0.2, 0) is 6.54 Å². The normalized spacial score (nSPS) is 9.80. The van der Waals surface area contributed by atoms with Crippen LogP contribution in [0.2, 0.25) is 5.02 Å². The number of hydrogen-bond donors (Lipinski definition) is 2. The number of halogens is 1. The minimum absolute atomic E-state index is 0.0578. The molecule has 0 saturated carbocycles. The molecule has 0 aliphatic heterocycles. The topological polar surface area (TPSA) is 73.1 Å². The van der Waals surface area contributed by atoms with Crippen molar-refractivity contribution in [3.8, 4) is 6.07 Å². The van der Waals surface area contributed by atoms with E-state index in [-0.39, 0.29) is 10.6 Å². The SMILES string of the molecule is N#Cc1cccc(CNc2ccc(Cl)c(C(=O)O)c2)c1. The second kappa shape index (κ2) is 6.09. The number of nitrogens with zero attached hydrogens (tertiary/aromatic N) is 1. The minimum atomic E-state index is -1.06. The summed E-state index contributed by atoms with van der Waals surface area (Å²) in [5, 5.41) is 21.1. The van der Waals surface area contributed by atoms with Crippen LogP contribution in [-0.4, -0.2) is 11.1 Å². The Morgan fingerprint density at radius 2 is 2.10 bits per heavy atom. The van der Waals surface area contributed by atoms with E-state index >= 15 is 0 Å². The highest BCUT2D eigenvalue weighted by molar-refractivity contribution is 6.33. The summed E-state index contributed by atoms with van der Waals surface area (Å²) in [6.07, 6.45) is 0. The Bertz CT molecular complexity index is 693. The van der Waals surface area contributed by atoms with Crippen molar-refractivity contribution in [2.24, 2.45) is 0 Å². The number of carboxylic acids is 1. The van der Waals surface area contributed by atoms with Gasteiger partial charge >= 0.3 is 5.97 Å². The average molecular weight is 287 g/mol. The third-order valence-corrected chi connectivity index (χ3v) is 3.08. The van der Waals surface area contributed by atoms with Gasteiger partial charge in [-0.05, 0) is 35.9 Å². The van der Waals surface area contributed by atoms with Crippen LogP contribution in [0.3, 0.4) is 0 Å². The molecule has 2 aromatic carbocycles. The lowest BCUT2D eigenvalue weighted by atomic mass is 10.1. The van der Waals surface area contributed by atoms with Crippen molar-refractivity contribution in [1.82, 2.24) is 0 Å². The number of carboxylic acid groups (broad SMARTS) is 1. The molecule has 0 bridgehead atoms. The van der Waals surface area contributed by atoms with Gasteiger partial charge in [0, 0.05) is 12.2 Å². The number of carbonyl (C=O) groups is 1. The van der Waals surface area contributed by atoms with E-state index in [0.717, 1.165) is 5.56 Å². The summed E-state index contributed by atoms with van der Waals surface area (Å²) in [5.41, 5.74) is 2.25. The molecule has 0 aliphatic carbocycles. The fourth-order valence-corrected chi connectivity index (χ4v) is 1.95. The summed E-state index contributed by atoms with van der Waals surface area (Å²) in [6.45, 7) is 0.496. The standard InChI is InChI=1S/C15H11ClN2O2/c16-14-5-4-12(7-13(14)15(19)20)18-9-11-3-1-2-10(6-11)8-17/h1-7,18H,9H2,(H,19,20). The van der Waals surface area contributed by atoms with Gasteiger partial charge in [-0.1, -0.05) is 23.7 Å². The van der Waals surface area contributed by atoms with Crippen molar-refractivity contribution >= 4 is 23.3 Å². The first kappa shape index (κ1) is 13.9. The molecule has 0 aliphatic rings. The molecule has 0 radical (unpaired) electrons. The van der Waals surface area contributed by atoms with Crippen molar-refractivity contribution in [3.63, 3.8) is 0 Å². The molecular formula is C15H11ClN2O2. The quantitative estimate of drug-likeness (QED) is 0.902. The number of aromatic carboxylic acids is 1. The Morgan fingerprint density at radius 1 is 1.30 bits per heavy atom. The zero-order chi connectivity index (χ0) is 14.5. The average Bonchev–Trinajstić information content (AvgIpc) is 2.46. The molecule has 0 fully saturated rings. The van der Waals surface area contributed by atoms with Crippen LogP contribution in [0.4, 0.5) is 5.69 Å². The van der Waals surface area contributed by atoms with Crippen LogP contribution in [0.25, 0.3) is 0 Å². The van der Waals surface area contributed by atoms with E-state index in [2.05, 4.69) is 11.4 Å². The summed E-state index contributed by atoms with van der Waals surface area (Å²) >= 11 is 5.80. The molecule has 2 aromatic rings. The smallest absolute Gasteiger partial charge is 0.337 e. The van der Waals surface area contributed by atoms with Crippen molar-refractivity contribution in [2.45, 2.75) is 6.54 Å². The molecule has 0 amide bonds. The lowest BCUT2D eigenvalue weighted by Gasteiger charge is -2.08. The van der Waals surface area contributed by atoms with Crippen LogP contribution < -0.4 is 5.32 Å². The number of nitrogens with one attached hydrogen (secondary N) is 1. The molecule has 2 N–H and O–H groups in total. The first-order valence-electron chi connectivity index (χ1n) is 5.86. The molecule has 0 saturated heterocycles. The molecule has 5 heteroatoms. The number of rotatable bonds is 4. The molecule has 4 nitrogen and oxygen atoms in total. The molecular weight excluding hydrogens is 276 g/mol. The van der Waals surface area contributed by atoms with Crippen LogP contribution in [0.1, 0.15) is 21.5 Å². The van der Waals surface area contributed by atoms with Gasteiger partial charge in [-0.15, -0.1) is 0 Å². The molecule has 2 rings (SSSR count). The summed E-state index contributed by atoms with van der Waals surface area (Å²) in [7, 11) is 0. The van der Waals surface area contributed by atoms with Gasteiger partial charge in [0.25, 0.3) is 0 Å². The largest absolute Gasteiger partial charge is 0.478 e. The number of hydrogen-bond acceptors (Lipinski definition) is 3. The Kier molecular flexibility index (Phi) is 4.24. The van der Waals surface area contributed by atoms with E-state index < -0.39 is 5.97 Å². The lowest BCUT2D eigenvalue weighted by molar-refractivity contribution is 0.0697. The highest BCUT2D eigenvalue weighted by atomic mass is 35.5. The maximum atomic E-state index is 11.0. The van der Waals surface area contributed by atoms with E-state index in [9.17, 15) is 4.79 Å². The molecule has 0 heterocycles. The molecule has 0 spiro atoms. The van der Waals surface area contributed by atoms with Gasteiger partial charge in [-0.2, -0.15) is 5.26 Å². The highest BCUT2D eigenvalue weighted by Gasteiger charge is 2.09. The fourth-order valence-electron chi connectivity index (χ4n) is 1.75. The Morgan fingerprint density at radius 3 is 2.80 bits per heavy atom. The minimum Gasteiger partial charge on any atom is -0.478 e. The third-order valence-electron chi connectivity index (χ3n) is 2.75. The van der Waals surface area contributed by atoms with Gasteiger partial charge in [0.15, 0.2) is 0 Å². The summed E-state index contributed by atoms with van der Waals surface area (Å²) in [5.74, 6) is -1.06. The predicted molar refractivity (Wildman–Crippen MR) is 76.9 cm³/mol. The number of benzene rings is 2. The molecule has 20 heavy (non-hydrogen) atoms. The van der Waals surface area contributed by atoms with Crippen molar-refractivity contribution in [1.29, 1.82) is 5.26 Å². The number of anilines is 1. The predicted octanol–water partition coefficient (Wildman–Crippen LogP) is 3.52. The van der Waals surface area contributed by atoms with Crippen LogP contribution >= 0.6 is 11.6 Å². The zero-order valence-corrected chi connectivity index (χ0v) is 11.2. The number of nitriles is 1. The van der Waals surface area contributed by atoms with E-state index in [0.29, 0.717) is 17.8 Å². The second-order valence-corrected chi connectivity index (χ2v) is 4.57. The van der Waals surface area contributed by atoms with Gasteiger partial charge in [-0.25, -0.2) is 4.79 Å². The van der Waals surface area contributed by atoms with Crippen LogP contribution in [0.15, 0.2) is 42.5 Å². The first-order chi connectivity index (χ1) is 9.60. The summed E-state index contributed by atoms with van der Waals surface area (Å²) in [6, 6.07) is 14.0.